The molecule has 2 aromatic rings. The van der Waals surface area contributed by atoms with Crippen LogP contribution in [0.2, 0.25) is 10.0 Å². The van der Waals surface area contributed by atoms with E-state index in [-0.39, 0.29) is 10.9 Å². The van der Waals surface area contributed by atoms with E-state index in [0.29, 0.717) is 16.6 Å². The maximum Gasteiger partial charge on any atom is 0.146 e. The lowest BCUT2D eigenvalue weighted by atomic mass is 9.97. The topological polar surface area (TPSA) is 36.9 Å². The van der Waals surface area contributed by atoms with E-state index >= 15 is 0 Å². The van der Waals surface area contributed by atoms with Gasteiger partial charge in [0.25, 0.3) is 0 Å². The summed E-state index contributed by atoms with van der Waals surface area (Å²) >= 11 is 15.7. The third kappa shape index (κ3) is 2.88. The van der Waals surface area contributed by atoms with E-state index in [9.17, 15) is 0 Å². The van der Waals surface area contributed by atoms with Crippen molar-refractivity contribution in [1.29, 1.82) is 0 Å². The molecule has 0 aliphatic carbocycles. The Morgan fingerprint density at radius 2 is 2.08 bits per heavy atom. The monoisotopic (exact) mass is 425 g/mol. The van der Waals surface area contributed by atoms with Crippen LogP contribution in [0.4, 0.5) is 11.4 Å². The fourth-order valence-corrected chi connectivity index (χ4v) is 5.80. The summed E-state index contributed by atoms with van der Waals surface area (Å²) in [7, 11) is 1.69. The molecule has 0 bridgehead atoms. The fraction of sp³-hybridized carbons (Fsp3) is 0.278. The molecule has 2 heterocycles. The van der Waals surface area contributed by atoms with Crippen LogP contribution in [-0.4, -0.2) is 30.5 Å². The lowest BCUT2D eigenvalue weighted by molar-refractivity contribution is 0.145. The van der Waals surface area contributed by atoms with Gasteiger partial charge in [0.05, 0.1) is 29.4 Å². The number of benzene rings is 2. The van der Waals surface area contributed by atoms with Gasteiger partial charge in [-0.15, -0.1) is 11.8 Å². The van der Waals surface area contributed by atoms with Crippen molar-refractivity contribution in [3.63, 3.8) is 0 Å². The van der Waals surface area contributed by atoms with Crippen molar-refractivity contribution in [3.8, 4) is 0 Å². The number of aliphatic imine (C=N–C) groups is 1. The van der Waals surface area contributed by atoms with Crippen LogP contribution in [-0.2, 0) is 9.58 Å². The second-order valence-electron chi connectivity index (χ2n) is 5.98. The molecule has 2 aliphatic rings. The highest BCUT2D eigenvalue weighted by Gasteiger charge is 2.55. The molecular weight excluding hydrogens is 409 g/mol. The van der Waals surface area contributed by atoms with Gasteiger partial charge in [-0.3, -0.25) is 9.83 Å². The summed E-state index contributed by atoms with van der Waals surface area (Å²) in [4.78, 5) is 10.5. The van der Waals surface area contributed by atoms with E-state index in [1.165, 1.54) is 5.56 Å². The van der Waals surface area contributed by atoms with Gasteiger partial charge in [-0.2, -0.15) is 0 Å². The van der Waals surface area contributed by atoms with E-state index in [2.05, 4.69) is 29.8 Å². The third-order valence-corrected chi connectivity index (χ3v) is 7.79. The Morgan fingerprint density at radius 1 is 1.27 bits per heavy atom. The van der Waals surface area contributed by atoms with Crippen LogP contribution in [0.1, 0.15) is 5.56 Å². The zero-order chi connectivity index (χ0) is 18.3. The number of anilines is 2. The number of nitrogens with one attached hydrogen (secondary N) is 1. The van der Waals surface area contributed by atoms with E-state index in [0.717, 1.165) is 15.8 Å². The van der Waals surface area contributed by atoms with E-state index in [4.69, 9.17) is 33.0 Å². The number of hydroxylamine groups is 1. The van der Waals surface area contributed by atoms with Gasteiger partial charge in [-0.1, -0.05) is 53.2 Å². The number of fused-ring (bicyclic) bond motifs is 2. The van der Waals surface area contributed by atoms with Gasteiger partial charge in [-0.05, 0) is 30.5 Å². The minimum absolute atomic E-state index is 0.138. The quantitative estimate of drug-likeness (QED) is 0.704. The van der Waals surface area contributed by atoms with Crippen molar-refractivity contribution in [3.05, 3.63) is 58.1 Å². The van der Waals surface area contributed by atoms with E-state index < -0.39 is 0 Å². The maximum atomic E-state index is 6.21. The minimum atomic E-state index is -0.267. The first-order chi connectivity index (χ1) is 12.6. The van der Waals surface area contributed by atoms with Gasteiger partial charge in [0.2, 0.25) is 0 Å². The van der Waals surface area contributed by atoms with Gasteiger partial charge in [0.1, 0.15) is 15.3 Å². The Labute approximate surface area is 171 Å². The molecule has 0 amide bonds. The predicted octanol–water partition coefficient (Wildman–Crippen LogP) is 5.47. The highest BCUT2D eigenvalue weighted by molar-refractivity contribution is 8.39. The van der Waals surface area contributed by atoms with Crippen molar-refractivity contribution in [2.45, 2.75) is 10.9 Å². The molecule has 0 aromatic heterocycles. The number of nitrogens with zero attached hydrogens (tertiary/aromatic N) is 2. The first-order valence-corrected chi connectivity index (χ1v) is 10.8. The molecule has 2 atom stereocenters. The summed E-state index contributed by atoms with van der Waals surface area (Å²) in [6.45, 7) is 0.684. The van der Waals surface area contributed by atoms with Crippen LogP contribution in [0.5, 0.6) is 0 Å². The molecule has 1 N–H and O–H groups in total. The number of hydrogen-bond donors (Lipinski definition) is 1. The van der Waals surface area contributed by atoms with E-state index in [1.807, 2.05) is 23.3 Å². The molecule has 4 nitrogen and oxygen atoms in total. The normalized spacial score (nSPS) is 24.1. The van der Waals surface area contributed by atoms with Gasteiger partial charge in [0.15, 0.2) is 0 Å². The fourth-order valence-electron chi connectivity index (χ4n) is 3.41. The summed E-state index contributed by atoms with van der Waals surface area (Å²) in [5, 5.41) is 6.56. The molecule has 136 valence electrons. The number of rotatable bonds is 3. The van der Waals surface area contributed by atoms with Crippen LogP contribution in [0.15, 0.2) is 47.5 Å². The average Bonchev–Trinajstić information content (AvgIpc) is 3.20. The van der Waals surface area contributed by atoms with Gasteiger partial charge in [0, 0.05) is 11.3 Å². The first-order valence-electron chi connectivity index (χ1n) is 8.01. The number of para-hydroxylation sites is 1. The highest BCUT2D eigenvalue weighted by Crippen LogP contribution is 2.56. The van der Waals surface area contributed by atoms with Crippen LogP contribution >= 0.6 is 46.7 Å². The molecule has 0 fully saturated rings. The summed E-state index contributed by atoms with van der Waals surface area (Å²) in [6.07, 6.45) is 1.92. The minimum Gasteiger partial charge on any atom is -0.362 e. The predicted molar refractivity (Wildman–Crippen MR) is 115 cm³/mol. The van der Waals surface area contributed by atoms with Crippen molar-refractivity contribution >= 4 is 62.5 Å². The van der Waals surface area contributed by atoms with Crippen LogP contribution in [0.25, 0.3) is 0 Å². The number of thioether (sulfide) groups is 2. The van der Waals surface area contributed by atoms with E-state index in [1.54, 1.807) is 36.7 Å². The average molecular weight is 426 g/mol. The van der Waals surface area contributed by atoms with Gasteiger partial charge >= 0.3 is 0 Å². The van der Waals surface area contributed by atoms with Gasteiger partial charge < -0.3 is 5.32 Å². The van der Waals surface area contributed by atoms with Crippen molar-refractivity contribution in [1.82, 2.24) is 0 Å². The van der Waals surface area contributed by atoms with Gasteiger partial charge in [-0.25, -0.2) is 5.06 Å². The Hall–Kier alpha value is -1.05. The molecule has 2 aliphatic heterocycles. The highest BCUT2D eigenvalue weighted by atomic mass is 35.5. The molecule has 0 unspecified atom stereocenters. The Morgan fingerprint density at radius 3 is 2.77 bits per heavy atom. The van der Waals surface area contributed by atoms with Crippen LogP contribution in [0, 0.1) is 0 Å². The summed E-state index contributed by atoms with van der Waals surface area (Å²) in [6, 6.07) is 13.9. The Bertz CT molecular complexity index is 879. The molecule has 4 rings (SSSR count). The SMILES string of the molecule is CON1c2ccccc2[C@@]2(CN=C(SC)S2)[C@@H]1Nc1ccc(Cl)c(Cl)c1. The molecule has 0 radical (unpaired) electrons. The molecule has 26 heavy (non-hydrogen) atoms. The second-order valence-corrected chi connectivity index (χ2v) is 9.17. The Kier molecular flexibility index (Phi) is 5.05. The van der Waals surface area contributed by atoms with Crippen LogP contribution in [0.3, 0.4) is 0 Å². The first kappa shape index (κ1) is 18.3. The zero-order valence-electron chi connectivity index (χ0n) is 14.2. The molecular formula is C18H17Cl2N3OS2. The molecule has 8 heteroatoms. The standard InChI is InChI=1S/C18H17Cl2N3OS2/c1-24-23-15-6-4-3-5-12(15)18(10-21-17(25-2)26-18)16(23)22-11-7-8-13(19)14(20)9-11/h3-9,16,22H,10H2,1-2H3/t16-,18+/m1/s1. The summed E-state index contributed by atoms with van der Waals surface area (Å²) in [5.74, 6) is 0. The summed E-state index contributed by atoms with van der Waals surface area (Å²) < 4.78 is 0.815. The Balaban J connectivity index is 1.77. The zero-order valence-corrected chi connectivity index (χ0v) is 17.3. The van der Waals surface area contributed by atoms with Crippen molar-refractivity contribution < 1.29 is 4.84 Å². The van der Waals surface area contributed by atoms with Crippen LogP contribution < -0.4 is 10.4 Å². The molecule has 2 aromatic carbocycles. The number of halogens is 2. The largest absolute Gasteiger partial charge is 0.362 e. The third-order valence-electron chi connectivity index (χ3n) is 4.58. The lowest BCUT2D eigenvalue weighted by Crippen LogP contribution is -2.48. The van der Waals surface area contributed by atoms with Crippen molar-refractivity contribution in [2.75, 3.05) is 30.3 Å². The summed E-state index contributed by atoms with van der Waals surface area (Å²) in [5.41, 5.74) is 3.16. The molecule has 1 spiro atoms. The molecule has 0 saturated heterocycles. The van der Waals surface area contributed by atoms with Crippen molar-refractivity contribution in [2.24, 2.45) is 4.99 Å². The second kappa shape index (κ2) is 7.17. The lowest BCUT2D eigenvalue weighted by Gasteiger charge is -2.35. The number of hydrogen-bond acceptors (Lipinski definition) is 6. The smallest absolute Gasteiger partial charge is 0.146 e. The maximum absolute atomic E-state index is 6.21. The molecule has 0 saturated carbocycles.